The highest BCUT2D eigenvalue weighted by molar-refractivity contribution is 5.93. The second-order valence-corrected chi connectivity index (χ2v) is 5.52. The number of guanidine groups is 1. The molecule has 3 N–H and O–H groups in total. The smallest absolute Gasteiger partial charge is 0.193 e. The summed E-state index contributed by atoms with van der Waals surface area (Å²) in [5.74, 6) is 1.16. The minimum atomic E-state index is 0.409. The van der Waals surface area contributed by atoms with Crippen molar-refractivity contribution in [1.29, 1.82) is 0 Å². The Labute approximate surface area is 128 Å². The second-order valence-electron chi connectivity index (χ2n) is 5.52. The Morgan fingerprint density at radius 3 is 2.43 bits per heavy atom. The summed E-state index contributed by atoms with van der Waals surface area (Å²) in [6.45, 7) is 10.3. The summed E-state index contributed by atoms with van der Waals surface area (Å²) in [5, 5.41) is 3.08. The predicted octanol–water partition coefficient (Wildman–Crippen LogP) is 2.54. The van der Waals surface area contributed by atoms with Crippen LogP contribution in [0.4, 0.5) is 5.69 Å². The van der Waals surface area contributed by atoms with E-state index in [1.165, 1.54) is 0 Å². The topological polar surface area (TPSA) is 62.9 Å². The number of hydrogen-bond acceptors (Lipinski definition) is 3. The molecular formula is C16H28N4O. The minimum Gasteiger partial charge on any atom is -0.495 e. The highest BCUT2D eigenvalue weighted by atomic mass is 16.5. The van der Waals surface area contributed by atoms with E-state index in [1.54, 1.807) is 7.11 Å². The second kappa shape index (κ2) is 8.52. The molecule has 118 valence electrons. The van der Waals surface area contributed by atoms with Crippen molar-refractivity contribution in [2.75, 3.05) is 25.5 Å². The molecule has 21 heavy (non-hydrogen) atoms. The van der Waals surface area contributed by atoms with Crippen LogP contribution in [0.15, 0.2) is 29.3 Å². The molecule has 5 nitrogen and oxygen atoms in total. The Morgan fingerprint density at radius 1 is 1.24 bits per heavy atom. The number of hydrogen-bond donors (Lipinski definition) is 2. The standard InChI is InChI=1S/C16H28N4O/c1-12(2)20(13(3)4)11-10-18-16(17)19-14-8-6-7-9-15(14)21-5/h6-9,12-13H,10-11H2,1-5H3,(H3,17,18,19). The van der Waals surface area contributed by atoms with Gasteiger partial charge in [-0.1, -0.05) is 12.1 Å². The lowest BCUT2D eigenvalue weighted by Gasteiger charge is -2.29. The average molecular weight is 292 g/mol. The first-order valence-electron chi connectivity index (χ1n) is 7.41. The van der Waals surface area contributed by atoms with E-state index in [-0.39, 0.29) is 0 Å². The van der Waals surface area contributed by atoms with Gasteiger partial charge in [0.05, 0.1) is 19.3 Å². The number of aliphatic imine (C=N–C) groups is 1. The Hall–Kier alpha value is -1.75. The van der Waals surface area contributed by atoms with E-state index in [2.05, 4.69) is 42.9 Å². The number of nitrogens with one attached hydrogen (secondary N) is 1. The van der Waals surface area contributed by atoms with E-state index in [0.717, 1.165) is 18.0 Å². The average Bonchev–Trinajstić information content (AvgIpc) is 2.43. The molecule has 0 amide bonds. The lowest BCUT2D eigenvalue weighted by Crippen LogP contribution is -2.39. The maximum absolute atomic E-state index is 5.93. The summed E-state index contributed by atoms with van der Waals surface area (Å²) < 4.78 is 5.27. The van der Waals surface area contributed by atoms with Crippen LogP contribution < -0.4 is 15.8 Å². The van der Waals surface area contributed by atoms with Gasteiger partial charge < -0.3 is 15.8 Å². The van der Waals surface area contributed by atoms with Crippen LogP contribution in [0.5, 0.6) is 5.75 Å². The van der Waals surface area contributed by atoms with Gasteiger partial charge in [-0.15, -0.1) is 0 Å². The molecule has 0 aliphatic heterocycles. The minimum absolute atomic E-state index is 0.409. The molecule has 0 saturated carbocycles. The summed E-state index contributed by atoms with van der Waals surface area (Å²) in [6, 6.07) is 8.65. The summed E-state index contributed by atoms with van der Waals surface area (Å²) in [4.78, 5) is 6.77. The van der Waals surface area contributed by atoms with Crippen LogP contribution in [0.2, 0.25) is 0 Å². The molecule has 0 heterocycles. The van der Waals surface area contributed by atoms with E-state index in [4.69, 9.17) is 10.5 Å². The van der Waals surface area contributed by atoms with Crippen LogP contribution in [0.1, 0.15) is 27.7 Å². The van der Waals surface area contributed by atoms with Crippen molar-refractivity contribution in [3.8, 4) is 5.75 Å². The van der Waals surface area contributed by atoms with Crippen molar-refractivity contribution in [3.05, 3.63) is 24.3 Å². The van der Waals surface area contributed by atoms with Gasteiger partial charge in [0.25, 0.3) is 0 Å². The Bertz CT molecular complexity index is 449. The summed E-state index contributed by atoms with van der Waals surface area (Å²) in [5.41, 5.74) is 6.76. The van der Waals surface area contributed by atoms with Gasteiger partial charge in [-0.2, -0.15) is 0 Å². The first-order valence-corrected chi connectivity index (χ1v) is 7.41. The van der Waals surface area contributed by atoms with Crippen LogP contribution in [-0.2, 0) is 0 Å². The molecule has 0 saturated heterocycles. The SMILES string of the molecule is COc1ccccc1NC(N)=NCCN(C(C)C)C(C)C. The first kappa shape index (κ1) is 17.3. The maximum Gasteiger partial charge on any atom is 0.193 e. The fourth-order valence-corrected chi connectivity index (χ4v) is 2.32. The Morgan fingerprint density at radius 2 is 1.86 bits per heavy atom. The lowest BCUT2D eigenvalue weighted by molar-refractivity contribution is 0.181. The molecule has 0 spiro atoms. The van der Waals surface area contributed by atoms with Gasteiger partial charge in [0.15, 0.2) is 5.96 Å². The molecule has 0 radical (unpaired) electrons. The predicted molar refractivity (Wildman–Crippen MR) is 90.1 cm³/mol. The molecule has 1 aromatic rings. The summed E-state index contributed by atoms with van der Waals surface area (Å²) in [6.07, 6.45) is 0. The highest BCUT2D eigenvalue weighted by Gasteiger charge is 2.12. The molecule has 0 fully saturated rings. The van der Waals surface area contributed by atoms with Crippen molar-refractivity contribution in [2.24, 2.45) is 10.7 Å². The quantitative estimate of drug-likeness (QED) is 0.599. The van der Waals surface area contributed by atoms with Gasteiger partial charge in [-0.3, -0.25) is 9.89 Å². The molecule has 1 rings (SSSR count). The van der Waals surface area contributed by atoms with Crippen LogP contribution in [0.3, 0.4) is 0 Å². The molecule has 1 aromatic carbocycles. The van der Waals surface area contributed by atoms with E-state index < -0.39 is 0 Å². The van der Waals surface area contributed by atoms with Crippen molar-refractivity contribution in [3.63, 3.8) is 0 Å². The number of ether oxygens (including phenoxy) is 1. The normalized spacial score (nSPS) is 12.3. The fraction of sp³-hybridized carbons (Fsp3) is 0.562. The lowest BCUT2D eigenvalue weighted by atomic mass is 10.2. The zero-order valence-electron chi connectivity index (χ0n) is 13.8. The number of benzene rings is 1. The highest BCUT2D eigenvalue weighted by Crippen LogP contribution is 2.22. The number of anilines is 1. The molecule has 0 bridgehead atoms. The van der Waals surface area contributed by atoms with Crippen LogP contribution >= 0.6 is 0 Å². The monoisotopic (exact) mass is 292 g/mol. The third kappa shape index (κ3) is 5.63. The number of nitrogens with zero attached hydrogens (tertiary/aromatic N) is 2. The van der Waals surface area contributed by atoms with E-state index in [9.17, 15) is 0 Å². The van der Waals surface area contributed by atoms with Gasteiger partial charge in [-0.05, 0) is 39.8 Å². The van der Waals surface area contributed by atoms with Crippen molar-refractivity contribution in [1.82, 2.24) is 4.90 Å². The molecule has 0 atom stereocenters. The maximum atomic E-state index is 5.93. The Kier molecular flexibility index (Phi) is 7.02. The van der Waals surface area contributed by atoms with E-state index >= 15 is 0 Å². The van der Waals surface area contributed by atoms with Gasteiger partial charge in [-0.25, -0.2) is 0 Å². The molecule has 0 aliphatic carbocycles. The summed E-state index contributed by atoms with van der Waals surface area (Å²) >= 11 is 0. The van der Waals surface area contributed by atoms with Crippen LogP contribution in [0, 0.1) is 0 Å². The Balaban J connectivity index is 2.57. The van der Waals surface area contributed by atoms with E-state index in [0.29, 0.717) is 24.6 Å². The van der Waals surface area contributed by atoms with Crippen LogP contribution in [-0.4, -0.2) is 43.1 Å². The van der Waals surface area contributed by atoms with Gasteiger partial charge in [0, 0.05) is 18.6 Å². The number of nitrogens with two attached hydrogens (primary N) is 1. The fourth-order valence-electron chi connectivity index (χ4n) is 2.32. The number of rotatable bonds is 7. The zero-order chi connectivity index (χ0) is 15.8. The van der Waals surface area contributed by atoms with Gasteiger partial charge in [0.1, 0.15) is 5.75 Å². The van der Waals surface area contributed by atoms with E-state index in [1.807, 2.05) is 24.3 Å². The number of para-hydroxylation sites is 2. The van der Waals surface area contributed by atoms with Gasteiger partial charge in [0.2, 0.25) is 0 Å². The molecular weight excluding hydrogens is 264 g/mol. The van der Waals surface area contributed by atoms with Gasteiger partial charge >= 0.3 is 0 Å². The largest absolute Gasteiger partial charge is 0.495 e. The van der Waals surface area contributed by atoms with Crippen molar-refractivity contribution >= 4 is 11.6 Å². The molecule has 0 aliphatic rings. The van der Waals surface area contributed by atoms with Crippen molar-refractivity contribution in [2.45, 2.75) is 39.8 Å². The molecule has 0 unspecified atom stereocenters. The third-order valence-electron chi connectivity index (χ3n) is 3.34. The third-order valence-corrected chi connectivity index (χ3v) is 3.34. The van der Waals surface area contributed by atoms with Crippen LogP contribution in [0.25, 0.3) is 0 Å². The summed E-state index contributed by atoms with van der Waals surface area (Å²) in [7, 11) is 1.64. The number of methoxy groups -OCH3 is 1. The molecule has 0 aromatic heterocycles. The van der Waals surface area contributed by atoms with Crippen molar-refractivity contribution < 1.29 is 4.74 Å². The zero-order valence-corrected chi connectivity index (χ0v) is 13.8. The first-order chi connectivity index (χ1) is 9.95. The molecule has 5 heteroatoms.